The lowest BCUT2D eigenvalue weighted by Gasteiger charge is -2.17. The Hall–Kier alpha value is -1.83. The molecule has 0 unspecified atom stereocenters. The van der Waals surface area contributed by atoms with Crippen molar-refractivity contribution in [2.24, 2.45) is 0 Å². The van der Waals surface area contributed by atoms with Crippen molar-refractivity contribution < 1.29 is 22.8 Å². The quantitative estimate of drug-likeness (QED) is 0.648. The van der Waals surface area contributed by atoms with Gasteiger partial charge in [0.1, 0.15) is 11.5 Å². The molecule has 0 saturated carbocycles. The minimum absolute atomic E-state index is 0.0310. The summed E-state index contributed by atoms with van der Waals surface area (Å²) in [6, 6.07) is 1.88. The second-order valence-corrected chi connectivity index (χ2v) is 4.36. The molecule has 0 fully saturated rings. The van der Waals surface area contributed by atoms with Gasteiger partial charge in [-0.15, -0.1) is 0 Å². The van der Waals surface area contributed by atoms with Crippen LogP contribution < -0.4 is 5.32 Å². The smallest absolute Gasteiger partial charge is 0.369 e. The van der Waals surface area contributed by atoms with Gasteiger partial charge in [0.15, 0.2) is 0 Å². The summed E-state index contributed by atoms with van der Waals surface area (Å²) in [5.41, 5.74) is -1.01. The largest absolute Gasteiger partial charge is 0.433 e. The highest BCUT2D eigenvalue weighted by atomic mass is 19.4. The van der Waals surface area contributed by atoms with Crippen molar-refractivity contribution in [3.63, 3.8) is 0 Å². The molecule has 21 heavy (non-hydrogen) atoms. The van der Waals surface area contributed by atoms with E-state index < -0.39 is 17.8 Å². The molecule has 1 aromatic heterocycles. The van der Waals surface area contributed by atoms with Gasteiger partial charge in [-0.1, -0.05) is 13.3 Å². The monoisotopic (exact) mass is 305 g/mol. The summed E-state index contributed by atoms with van der Waals surface area (Å²) in [5, 5.41) is 3.70. The first-order valence-corrected chi connectivity index (χ1v) is 6.45. The normalized spacial score (nSPS) is 11.3. The van der Waals surface area contributed by atoms with Crippen molar-refractivity contribution in [3.8, 4) is 0 Å². The zero-order chi connectivity index (χ0) is 16.0. The van der Waals surface area contributed by atoms with E-state index in [1.54, 1.807) is 0 Å². The zero-order valence-corrected chi connectivity index (χ0v) is 12.1. The molecule has 0 aromatic carbocycles. The summed E-state index contributed by atoms with van der Waals surface area (Å²) in [4.78, 5) is 20.3. The van der Waals surface area contributed by atoms with Crippen molar-refractivity contribution in [1.82, 2.24) is 10.0 Å². The van der Waals surface area contributed by atoms with Crippen LogP contribution in [0.1, 0.15) is 35.8 Å². The SMILES string of the molecule is CCCCNc1nc(C(F)(F)F)ccc1C(=O)N(C)OC. The number of anilines is 1. The van der Waals surface area contributed by atoms with Crippen LogP contribution >= 0.6 is 0 Å². The van der Waals surface area contributed by atoms with Crippen LogP contribution in [0.25, 0.3) is 0 Å². The van der Waals surface area contributed by atoms with E-state index in [1.165, 1.54) is 14.2 Å². The number of pyridine rings is 1. The molecule has 1 N–H and O–H groups in total. The highest BCUT2D eigenvalue weighted by Gasteiger charge is 2.33. The average molecular weight is 305 g/mol. The third kappa shape index (κ3) is 4.59. The van der Waals surface area contributed by atoms with Crippen molar-refractivity contribution >= 4 is 11.7 Å². The van der Waals surface area contributed by atoms with E-state index in [2.05, 4.69) is 10.3 Å². The summed E-state index contributed by atoms with van der Waals surface area (Å²) in [6.45, 7) is 2.38. The lowest BCUT2D eigenvalue weighted by Crippen LogP contribution is -2.27. The minimum atomic E-state index is -4.56. The van der Waals surface area contributed by atoms with Crippen LogP contribution in [0.4, 0.5) is 19.0 Å². The van der Waals surface area contributed by atoms with Crippen LogP contribution in [-0.4, -0.2) is 36.7 Å². The highest BCUT2D eigenvalue weighted by Crippen LogP contribution is 2.29. The molecule has 0 aliphatic carbocycles. The fourth-order valence-electron chi connectivity index (χ4n) is 1.56. The second-order valence-electron chi connectivity index (χ2n) is 4.36. The summed E-state index contributed by atoms with van der Waals surface area (Å²) >= 11 is 0. The molecule has 0 saturated heterocycles. The van der Waals surface area contributed by atoms with Crippen molar-refractivity contribution in [2.45, 2.75) is 25.9 Å². The molecule has 1 amide bonds. The molecule has 0 atom stereocenters. The van der Waals surface area contributed by atoms with E-state index in [0.29, 0.717) is 6.54 Å². The summed E-state index contributed by atoms with van der Waals surface area (Å²) in [7, 11) is 2.66. The molecular weight excluding hydrogens is 287 g/mol. The molecule has 8 heteroatoms. The fourth-order valence-corrected chi connectivity index (χ4v) is 1.56. The standard InChI is InChI=1S/C13H18F3N3O2/c1-4-5-8-17-11-9(12(20)19(2)21-3)6-7-10(18-11)13(14,15)16/h6-7H,4-5,8H2,1-3H3,(H,17,18). The minimum Gasteiger partial charge on any atom is -0.369 e. The van der Waals surface area contributed by atoms with Crippen LogP contribution in [0.5, 0.6) is 0 Å². The Morgan fingerprint density at radius 2 is 2.10 bits per heavy atom. The Balaban J connectivity index is 3.13. The number of nitrogens with one attached hydrogen (secondary N) is 1. The number of halogens is 3. The van der Waals surface area contributed by atoms with Crippen molar-refractivity contribution in [1.29, 1.82) is 0 Å². The van der Waals surface area contributed by atoms with E-state index in [9.17, 15) is 18.0 Å². The Labute approximate surface area is 121 Å². The van der Waals surface area contributed by atoms with Crippen molar-refractivity contribution in [2.75, 3.05) is 26.0 Å². The van der Waals surface area contributed by atoms with Crippen LogP contribution in [0.2, 0.25) is 0 Å². The van der Waals surface area contributed by atoms with Gasteiger partial charge >= 0.3 is 6.18 Å². The first kappa shape index (κ1) is 17.2. The predicted molar refractivity (Wildman–Crippen MR) is 71.7 cm³/mol. The molecule has 0 bridgehead atoms. The third-order valence-electron chi connectivity index (χ3n) is 2.80. The first-order chi connectivity index (χ1) is 9.81. The molecule has 0 aliphatic rings. The van der Waals surface area contributed by atoms with E-state index in [-0.39, 0.29) is 11.4 Å². The maximum Gasteiger partial charge on any atom is 0.433 e. The number of unbranched alkanes of at least 4 members (excludes halogenated alkanes) is 1. The van der Waals surface area contributed by atoms with Gasteiger partial charge in [0.05, 0.1) is 12.7 Å². The highest BCUT2D eigenvalue weighted by molar-refractivity contribution is 5.98. The molecule has 1 aromatic rings. The molecule has 5 nitrogen and oxygen atoms in total. The molecule has 0 aliphatic heterocycles. The number of hydrogen-bond donors (Lipinski definition) is 1. The molecule has 0 spiro atoms. The molecule has 0 radical (unpaired) electrons. The molecular formula is C13H18F3N3O2. The van der Waals surface area contributed by atoms with Gasteiger partial charge in [-0.25, -0.2) is 10.0 Å². The van der Waals surface area contributed by atoms with Gasteiger partial charge in [-0.05, 0) is 18.6 Å². The van der Waals surface area contributed by atoms with E-state index in [4.69, 9.17) is 4.84 Å². The van der Waals surface area contributed by atoms with Crippen LogP contribution in [-0.2, 0) is 11.0 Å². The summed E-state index contributed by atoms with van der Waals surface area (Å²) in [5.74, 6) is -0.662. The van der Waals surface area contributed by atoms with Crippen LogP contribution in [0, 0.1) is 0 Å². The van der Waals surface area contributed by atoms with Gasteiger partial charge < -0.3 is 5.32 Å². The number of hydrogen-bond acceptors (Lipinski definition) is 4. The first-order valence-electron chi connectivity index (χ1n) is 6.45. The number of hydroxylamine groups is 2. The zero-order valence-electron chi connectivity index (χ0n) is 12.1. The lowest BCUT2D eigenvalue weighted by molar-refractivity contribution is -0.141. The second kappa shape index (κ2) is 7.26. The summed E-state index contributed by atoms with van der Waals surface area (Å²) in [6.07, 6.45) is -2.94. The number of carbonyl (C=O) groups excluding carboxylic acids is 1. The van der Waals surface area contributed by atoms with Gasteiger partial charge in [-0.3, -0.25) is 9.63 Å². The number of amides is 1. The van der Waals surface area contributed by atoms with Gasteiger partial charge in [0.2, 0.25) is 0 Å². The predicted octanol–water partition coefficient (Wildman–Crippen LogP) is 2.95. The van der Waals surface area contributed by atoms with E-state index in [1.807, 2.05) is 6.92 Å². The molecule has 1 rings (SSSR count). The maximum absolute atomic E-state index is 12.7. The third-order valence-corrected chi connectivity index (χ3v) is 2.80. The molecule has 1 heterocycles. The number of carbonyl (C=O) groups is 1. The number of rotatable bonds is 6. The van der Waals surface area contributed by atoms with E-state index >= 15 is 0 Å². The Morgan fingerprint density at radius 1 is 1.43 bits per heavy atom. The number of nitrogens with zero attached hydrogens (tertiary/aromatic N) is 2. The van der Waals surface area contributed by atoms with Gasteiger partial charge in [-0.2, -0.15) is 13.2 Å². The Morgan fingerprint density at radius 3 is 2.62 bits per heavy atom. The average Bonchev–Trinajstić information content (AvgIpc) is 2.45. The topological polar surface area (TPSA) is 54.5 Å². The summed E-state index contributed by atoms with van der Waals surface area (Å²) < 4.78 is 38.1. The lowest BCUT2D eigenvalue weighted by atomic mass is 10.2. The Kier molecular flexibility index (Phi) is 5.95. The van der Waals surface area contributed by atoms with E-state index in [0.717, 1.165) is 30.0 Å². The Bertz CT molecular complexity index is 492. The van der Waals surface area contributed by atoms with Crippen LogP contribution in [0.15, 0.2) is 12.1 Å². The van der Waals surface area contributed by atoms with Crippen molar-refractivity contribution in [3.05, 3.63) is 23.4 Å². The number of alkyl halides is 3. The van der Waals surface area contributed by atoms with Crippen LogP contribution in [0.3, 0.4) is 0 Å². The number of aromatic nitrogens is 1. The van der Waals surface area contributed by atoms with Gasteiger partial charge in [0.25, 0.3) is 5.91 Å². The van der Waals surface area contributed by atoms with Gasteiger partial charge in [0, 0.05) is 13.6 Å². The fraction of sp³-hybridized carbons (Fsp3) is 0.538. The maximum atomic E-state index is 12.7. The molecule has 118 valence electrons.